The number of benzene rings is 2. The molecular weight excluding hydrogens is 260 g/mol. The summed E-state index contributed by atoms with van der Waals surface area (Å²) < 4.78 is 5.67. The molecule has 1 N–H and O–H groups in total. The van der Waals surface area contributed by atoms with Crippen molar-refractivity contribution < 1.29 is 9.84 Å². The Labute approximate surface area is 126 Å². The summed E-state index contributed by atoms with van der Waals surface area (Å²) in [6.07, 6.45) is 1.83. The van der Waals surface area contributed by atoms with Gasteiger partial charge in [0.15, 0.2) is 0 Å². The number of aliphatic hydroxyl groups is 1. The van der Waals surface area contributed by atoms with Gasteiger partial charge in [0.1, 0.15) is 11.4 Å². The van der Waals surface area contributed by atoms with Gasteiger partial charge in [-0.25, -0.2) is 0 Å². The molecule has 2 nitrogen and oxygen atoms in total. The first-order valence-corrected chi connectivity index (χ1v) is 7.58. The summed E-state index contributed by atoms with van der Waals surface area (Å²) in [5.41, 5.74) is 3.58. The van der Waals surface area contributed by atoms with Crippen molar-refractivity contribution in [2.24, 2.45) is 0 Å². The van der Waals surface area contributed by atoms with Gasteiger partial charge >= 0.3 is 0 Å². The molecule has 0 saturated heterocycles. The number of hydrogen-bond acceptors (Lipinski definition) is 2. The molecule has 0 heterocycles. The highest BCUT2D eigenvalue weighted by atomic mass is 16.5. The smallest absolute Gasteiger partial charge is 0.119 e. The Hall–Kier alpha value is -1.80. The summed E-state index contributed by atoms with van der Waals surface area (Å²) in [5.74, 6) is 0.847. The first-order valence-electron chi connectivity index (χ1n) is 7.58. The van der Waals surface area contributed by atoms with Gasteiger partial charge in [-0.2, -0.15) is 0 Å². The molecular formula is C19H22O2. The van der Waals surface area contributed by atoms with Crippen molar-refractivity contribution >= 4 is 0 Å². The molecule has 2 heteroatoms. The number of hydrogen-bond donors (Lipinski definition) is 1. The third kappa shape index (κ3) is 2.56. The van der Waals surface area contributed by atoms with Crippen LogP contribution in [-0.2, 0) is 12.0 Å². The van der Waals surface area contributed by atoms with Crippen molar-refractivity contribution in [3.05, 3.63) is 64.7 Å². The van der Waals surface area contributed by atoms with Gasteiger partial charge in [0, 0.05) is 0 Å². The largest absolute Gasteiger partial charge is 0.491 e. The van der Waals surface area contributed by atoms with Gasteiger partial charge in [-0.15, -0.1) is 0 Å². The second kappa shape index (κ2) is 5.19. The van der Waals surface area contributed by atoms with Crippen LogP contribution in [0.2, 0.25) is 0 Å². The highest BCUT2D eigenvalue weighted by Gasteiger charge is 2.38. The normalized spacial score (nSPS) is 20.6. The summed E-state index contributed by atoms with van der Waals surface area (Å²) >= 11 is 0. The molecule has 0 radical (unpaired) electrons. The highest BCUT2D eigenvalue weighted by Crippen LogP contribution is 2.42. The minimum atomic E-state index is -0.863. The fraction of sp³-hybridized carbons (Fsp3) is 0.368. The monoisotopic (exact) mass is 282 g/mol. The molecule has 0 bridgehead atoms. The van der Waals surface area contributed by atoms with Gasteiger partial charge in [0.05, 0.1) is 6.10 Å². The van der Waals surface area contributed by atoms with E-state index in [2.05, 4.69) is 25.1 Å². The van der Waals surface area contributed by atoms with Crippen LogP contribution in [-0.4, -0.2) is 11.2 Å². The third-order valence-electron chi connectivity index (χ3n) is 4.17. The van der Waals surface area contributed by atoms with Crippen molar-refractivity contribution in [1.29, 1.82) is 0 Å². The molecule has 110 valence electrons. The fourth-order valence-corrected chi connectivity index (χ4v) is 3.12. The number of rotatable bonds is 3. The van der Waals surface area contributed by atoms with Crippen LogP contribution in [0.1, 0.15) is 42.5 Å². The van der Waals surface area contributed by atoms with Crippen LogP contribution < -0.4 is 4.74 Å². The molecule has 0 aromatic heterocycles. The van der Waals surface area contributed by atoms with Crippen LogP contribution in [0.25, 0.3) is 0 Å². The Kier molecular flexibility index (Phi) is 3.50. The second-order valence-corrected chi connectivity index (χ2v) is 6.21. The molecule has 2 aromatic carbocycles. The molecule has 0 fully saturated rings. The Morgan fingerprint density at radius 3 is 2.48 bits per heavy atom. The molecule has 1 unspecified atom stereocenters. The topological polar surface area (TPSA) is 29.5 Å². The van der Waals surface area contributed by atoms with Gasteiger partial charge in [-0.1, -0.05) is 35.9 Å². The lowest BCUT2D eigenvalue weighted by Crippen LogP contribution is -2.23. The number of aryl methyl sites for hydroxylation is 2. The van der Waals surface area contributed by atoms with Crippen LogP contribution in [0, 0.1) is 6.92 Å². The minimum absolute atomic E-state index is 0.161. The SMILES string of the molecule is Cc1ccc2c(c1)C(O)(c1ccc(OC(C)C)cc1)CC2. The standard InChI is InChI=1S/C19H22O2/c1-13(2)21-17-8-6-16(7-9-17)19(20)11-10-15-5-4-14(3)12-18(15)19/h4-9,12-13,20H,10-11H2,1-3H3. The van der Waals surface area contributed by atoms with E-state index in [1.54, 1.807) is 0 Å². The molecule has 0 amide bonds. The summed E-state index contributed by atoms with van der Waals surface area (Å²) in [4.78, 5) is 0. The Morgan fingerprint density at radius 2 is 1.81 bits per heavy atom. The lowest BCUT2D eigenvalue weighted by molar-refractivity contribution is 0.0828. The van der Waals surface area contributed by atoms with E-state index in [-0.39, 0.29) is 6.10 Å². The van der Waals surface area contributed by atoms with Gasteiger partial charge < -0.3 is 9.84 Å². The van der Waals surface area contributed by atoms with Crippen LogP contribution in [0.5, 0.6) is 5.75 Å². The number of ether oxygens (including phenoxy) is 1. The highest BCUT2D eigenvalue weighted by molar-refractivity contribution is 5.47. The van der Waals surface area contributed by atoms with Crippen molar-refractivity contribution in [1.82, 2.24) is 0 Å². The summed E-state index contributed by atoms with van der Waals surface area (Å²) in [7, 11) is 0. The summed E-state index contributed by atoms with van der Waals surface area (Å²) in [6.45, 7) is 6.09. The van der Waals surface area contributed by atoms with E-state index in [4.69, 9.17) is 4.74 Å². The first-order chi connectivity index (χ1) is 9.99. The van der Waals surface area contributed by atoms with E-state index in [1.165, 1.54) is 11.1 Å². The Balaban J connectivity index is 1.96. The summed E-state index contributed by atoms with van der Waals surface area (Å²) in [6, 6.07) is 14.2. The Morgan fingerprint density at radius 1 is 1.10 bits per heavy atom. The molecule has 0 saturated carbocycles. The van der Waals surface area contributed by atoms with E-state index >= 15 is 0 Å². The van der Waals surface area contributed by atoms with Crippen LogP contribution in [0.4, 0.5) is 0 Å². The van der Waals surface area contributed by atoms with E-state index in [9.17, 15) is 5.11 Å². The average molecular weight is 282 g/mol. The second-order valence-electron chi connectivity index (χ2n) is 6.21. The zero-order chi connectivity index (χ0) is 15.0. The van der Waals surface area contributed by atoms with Gasteiger partial charge in [0.2, 0.25) is 0 Å². The number of fused-ring (bicyclic) bond motifs is 1. The quantitative estimate of drug-likeness (QED) is 0.923. The van der Waals surface area contributed by atoms with E-state index in [0.29, 0.717) is 0 Å². The predicted molar refractivity (Wildman–Crippen MR) is 84.7 cm³/mol. The van der Waals surface area contributed by atoms with Crippen LogP contribution in [0.3, 0.4) is 0 Å². The lowest BCUT2D eigenvalue weighted by Gasteiger charge is -2.25. The zero-order valence-corrected chi connectivity index (χ0v) is 12.9. The molecule has 0 spiro atoms. The van der Waals surface area contributed by atoms with E-state index in [1.807, 2.05) is 38.1 Å². The molecule has 0 aliphatic heterocycles. The molecule has 2 aromatic rings. The maximum Gasteiger partial charge on any atom is 0.119 e. The van der Waals surface area contributed by atoms with Crippen LogP contribution in [0.15, 0.2) is 42.5 Å². The lowest BCUT2D eigenvalue weighted by atomic mass is 9.87. The Bertz CT molecular complexity index is 643. The maximum atomic E-state index is 11.2. The predicted octanol–water partition coefficient (Wildman–Crippen LogP) is 3.96. The average Bonchev–Trinajstić information content (AvgIpc) is 2.77. The van der Waals surface area contributed by atoms with Gasteiger partial charge in [-0.05, 0) is 62.4 Å². The molecule has 1 atom stereocenters. The fourth-order valence-electron chi connectivity index (χ4n) is 3.12. The molecule has 1 aliphatic carbocycles. The first kappa shape index (κ1) is 14.2. The van der Waals surface area contributed by atoms with Crippen molar-refractivity contribution in [2.75, 3.05) is 0 Å². The van der Waals surface area contributed by atoms with Crippen molar-refractivity contribution in [3.8, 4) is 5.75 Å². The molecule has 3 rings (SSSR count). The third-order valence-corrected chi connectivity index (χ3v) is 4.17. The van der Waals surface area contributed by atoms with Crippen molar-refractivity contribution in [2.45, 2.75) is 45.3 Å². The van der Waals surface area contributed by atoms with Gasteiger partial charge in [-0.3, -0.25) is 0 Å². The van der Waals surface area contributed by atoms with Crippen molar-refractivity contribution in [3.63, 3.8) is 0 Å². The molecule has 1 aliphatic rings. The summed E-state index contributed by atoms with van der Waals surface area (Å²) in [5, 5.41) is 11.2. The maximum absolute atomic E-state index is 11.2. The molecule has 21 heavy (non-hydrogen) atoms. The van der Waals surface area contributed by atoms with E-state index < -0.39 is 5.60 Å². The zero-order valence-electron chi connectivity index (χ0n) is 12.9. The minimum Gasteiger partial charge on any atom is -0.491 e. The van der Waals surface area contributed by atoms with E-state index in [0.717, 1.165) is 29.7 Å². The van der Waals surface area contributed by atoms with Gasteiger partial charge in [0.25, 0.3) is 0 Å². The van der Waals surface area contributed by atoms with Crippen LogP contribution >= 0.6 is 0 Å².